The molecule has 1 N–H and O–H groups in total. The summed E-state index contributed by atoms with van der Waals surface area (Å²) in [6, 6.07) is 6.32. The van der Waals surface area contributed by atoms with Crippen LogP contribution in [0, 0.1) is 6.92 Å². The van der Waals surface area contributed by atoms with E-state index >= 15 is 0 Å². The SMILES string of the molecule is Cc1cccc(C(C)(C)NC(=O)C[C@H]2CCCN2C)c1Cl. The van der Waals surface area contributed by atoms with Gasteiger partial charge in [0.15, 0.2) is 0 Å². The van der Waals surface area contributed by atoms with Gasteiger partial charge in [-0.15, -0.1) is 0 Å². The summed E-state index contributed by atoms with van der Waals surface area (Å²) < 4.78 is 0. The van der Waals surface area contributed by atoms with E-state index < -0.39 is 5.54 Å². The number of likely N-dealkylation sites (tertiary alicyclic amines) is 1. The van der Waals surface area contributed by atoms with Crippen LogP contribution in [-0.4, -0.2) is 30.4 Å². The summed E-state index contributed by atoms with van der Waals surface area (Å²) in [5, 5.41) is 3.87. The minimum atomic E-state index is -0.461. The van der Waals surface area contributed by atoms with E-state index in [1.807, 2.05) is 39.0 Å². The minimum Gasteiger partial charge on any atom is -0.347 e. The van der Waals surface area contributed by atoms with Crippen LogP contribution >= 0.6 is 11.6 Å². The van der Waals surface area contributed by atoms with E-state index in [2.05, 4.69) is 17.3 Å². The van der Waals surface area contributed by atoms with Crippen molar-refractivity contribution in [3.8, 4) is 0 Å². The predicted octanol–water partition coefficient (Wildman–Crippen LogP) is 3.48. The smallest absolute Gasteiger partial charge is 0.222 e. The number of amides is 1. The van der Waals surface area contributed by atoms with Crippen LogP contribution in [0.25, 0.3) is 0 Å². The first-order valence-electron chi connectivity index (χ1n) is 7.58. The van der Waals surface area contributed by atoms with Crippen LogP contribution < -0.4 is 5.32 Å². The summed E-state index contributed by atoms with van der Waals surface area (Å²) in [5.74, 6) is 0.0938. The lowest BCUT2D eigenvalue weighted by Crippen LogP contribution is -2.43. The molecule has 0 radical (unpaired) electrons. The molecule has 0 bridgehead atoms. The van der Waals surface area contributed by atoms with Gasteiger partial charge in [0.2, 0.25) is 5.91 Å². The van der Waals surface area contributed by atoms with Crippen molar-refractivity contribution in [3.05, 3.63) is 34.3 Å². The van der Waals surface area contributed by atoms with Gasteiger partial charge in [0.25, 0.3) is 0 Å². The number of carbonyl (C=O) groups excluding carboxylic acids is 1. The molecule has 0 aromatic heterocycles. The fourth-order valence-electron chi connectivity index (χ4n) is 3.05. The molecule has 1 aliphatic rings. The van der Waals surface area contributed by atoms with Crippen molar-refractivity contribution in [3.63, 3.8) is 0 Å². The number of nitrogens with zero attached hydrogens (tertiary/aromatic N) is 1. The maximum atomic E-state index is 12.3. The molecule has 4 heteroatoms. The number of aryl methyl sites for hydroxylation is 1. The second-order valence-electron chi connectivity index (χ2n) is 6.59. The highest BCUT2D eigenvalue weighted by molar-refractivity contribution is 6.32. The average molecular weight is 309 g/mol. The van der Waals surface area contributed by atoms with Crippen LogP contribution in [0.5, 0.6) is 0 Å². The third-order valence-corrected chi connectivity index (χ3v) is 4.91. The van der Waals surface area contributed by atoms with Crippen molar-refractivity contribution in [1.82, 2.24) is 10.2 Å². The summed E-state index contributed by atoms with van der Waals surface area (Å²) in [4.78, 5) is 14.6. The van der Waals surface area contributed by atoms with Crippen LogP contribution in [0.3, 0.4) is 0 Å². The normalized spacial score (nSPS) is 19.8. The summed E-state index contributed by atoms with van der Waals surface area (Å²) in [7, 11) is 2.09. The number of carbonyl (C=O) groups is 1. The summed E-state index contributed by atoms with van der Waals surface area (Å²) in [6.07, 6.45) is 2.85. The second kappa shape index (κ2) is 6.37. The van der Waals surface area contributed by atoms with Gasteiger partial charge in [-0.05, 0) is 58.3 Å². The predicted molar refractivity (Wildman–Crippen MR) is 87.6 cm³/mol. The third kappa shape index (κ3) is 3.78. The van der Waals surface area contributed by atoms with Crippen molar-refractivity contribution in [2.24, 2.45) is 0 Å². The van der Waals surface area contributed by atoms with Gasteiger partial charge in [-0.25, -0.2) is 0 Å². The highest BCUT2D eigenvalue weighted by Crippen LogP contribution is 2.30. The van der Waals surface area contributed by atoms with E-state index in [0.717, 1.165) is 29.1 Å². The summed E-state index contributed by atoms with van der Waals surface area (Å²) in [5.41, 5.74) is 1.54. The molecule has 1 heterocycles. The van der Waals surface area contributed by atoms with Gasteiger partial charge in [-0.1, -0.05) is 29.8 Å². The zero-order valence-corrected chi connectivity index (χ0v) is 14.1. The van der Waals surface area contributed by atoms with Crippen molar-refractivity contribution in [2.75, 3.05) is 13.6 Å². The third-order valence-electron chi connectivity index (χ3n) is 4.41. The lowest BCUT2D eigenvalue weighted by atomic mass is 9.92. The van der Waals surface area contributed by atoms with E-state index in [1.54, 1.807) is 0 Å². The van der Waals surface area contributed by atoms with E-state index in [4.69, 9.17) is 11.6 Å². The monoisotopic (exact) mass is 308 g/mol. The maximum Gasteiger partial charge on any atom is 0.222 e. The topological polar surface area (TPSA) is 32.3 Å². The Morgan fingerprint density at radius 2 is 2.19 bits per heavy atom. The molecule has 1 amide bonds. The molecular weight excluding hydrogens is 284 g/mol. The Kier molecular flexibility index (Phi) is 4.95. The van der Waals surface area contributed by atoms with Crippen LogP contribution in [0.2, 0.25) is 5.02 Å². The van der Waals surface area contributed by atoms with Crippen LogP contribution in [0.1, 0.15) is 44.2 Å². The number of benzene rings is 1. The highest BCUT2D eigenvalue weighted by atomic mass is 35.5. The van der Waals surface area contributed by atoms with E-state index in [-0.39, 0.29) is 5.91 Å². The van der Waals surface area contributed by atoms with Gasteiger partial charge in [0.1, 0.15) is 0 Å². The van der Waals surface area contributed by atoms with E-state index in [0.29, 0.717) is 12.5 Å². The first-order valence-corrected chi connectivity index (χ1v) is 7.96. The Balaban J connectivity index is 2.06. The number of hydrogen-bond donors (Lipinski definition) is 1. The van der Waals surface area contributed by atoms with Gasteiger partial charge in [-0.3, -0.25) is 4.79 Å². The van der Waals surface area contributed by atoms with Crippen molar-refractivity contribution in [2.45, 2.75) is 51.6 Å². The molecule has 2 rings (SSSR count). The zero-order valence-electron chi connectivity index (χ0n) is 13.4. The molecule has 0 aliphatic carbocycles. The molecule has 0 spiro atoms. The maximum absolute atomic E-state index is 12.3. The highest BCUT2D eigenvalue weighted by Gasteiger charge is 2.29. The van der Waals surface area contributed by atoms with Gasteiger partial charge < -0.3 is 10.2 Å². The Morgan fingerprint density at radius 3 is 2.81 bits per heavy atom. The van der Waals surface area contributed by atoms with Gasteiger partial charge in [0, 0.05) is 17.5 Å². The molecule has 1 aliphatic heterocycles. The lowest BCUT2D eigenvalue weighted by molar-refractivity contribution is -0.123. The Morgan fingerprint density at radius 1 is 1.48 bits per heavy atom. The van der Waals surface area contributed by atoms with Gasteiger partial charge in [0.05, 0.1) is 5.54 Å². The van der Waals surface area contributed by atoms with Gasteiger partial charge >= 0.3 is 0 Å². The molecule has 1 aromatic carbocycles. The average Bonchev–Trinajstić information content (AvgIpc) is 2.77. The first kappa shape index (κ1) is 16.3. The summed E-state index contributed by atoms with van der Waals surface area (Å²) >= 11 is 6.40. The van der Waals surface area contributed by atoms with Crippen LogP contribution in [-0.2, 0) is 10.3 Å². The molecule has 1 saturated heterocycles. The quantitative estimate of drug-likeness (QED) is 0.923. The minimum absolute atomic E-state index is 0.0938. The van der Waals surface area contributed by atoms with E-state index in [9.17, 15) is 4.79 Å². The molecule has 3 nitrogen and oxygen atoms in total. The van der Waals surface area contributed by atoms with E-state index in [1.165, 1.54) is 6.42 Å². The Hall–Kier alpha value is -1.06. The fraction of sp³-hybridized carbons (Fsp3) is 0.588. The second-order valence-corrected chi connectivity index (χ2v) is 6.97. The van der Waals surface area contributed by atoms with Crippen molar-refractivity contribution < 1.29 is 4.79 Å². The van der Waals surface area contributed by atoms with Crippen molar-refractivity contribution >= 4 is 17.5 Å². The number of rotatable bonds is 4. The lowest BCUT2D eigenvalue weighted by Gasteiger charge is -2.29. The Bertz CT molecular complexity index is 528. The molecular formula is C17H25ClN2O. The summed E-state index contributed by atoms with van der Waals surface area (Å²) in [6.45, 7) is 7.08. The molecule has 1 fully saturated rings. The standard InChI is InChI=1S/C17H25ClN2O/c1-12-7-5-9-14(16(12)18)17(2,3)19-15(21)11-13-8-6-10-20(13)4/h5,7,9,13H,6,8,10-11H2,1-4H3,(H,19,21)/t13-/m1/s1. The largest absolute Gasteiger partial charge is 0.347 e. The molecule has 116 valence electrons. The molecule has 1 aromatic rings. The zero-order chi connectivity index (χ0) is 15.6. The molecule has 0 unspecified atom stereocenters. The molecule has 0 saturated carbocycles. The molecule has 21 heavy (non-hydrogen) atoms. The Labute approximate surface area is 132 Å². The number of nitrogens with one attached hydrogen (secondary N) is 1. The number of halogens is 1. The molecule has 1 atom stereocenters. The number of hydrogen-bond acceptors (Lipinski definition) is 2. The fourth-order valence-corrected chi connectivity index (χ4v) is 3.41. The first-order chi connectivity index (χ1) is 9.81. The van der Waals surface area contributed by atoms with Crippen molar-refractivity contribution in [1.29, 1.82) is 0 Å². The van der Waals surface area contributed by atoms with Gasteiger partial charge in [-0.2, -0.15) is 0 Å². The van der Waals surface area contributed by atoms with Crippen LogP contribution in [0.15, 0.2) is 18.2 Å². The van der Waals surface area contributed by atoms with Crippen LogP contribution in [0.4, 0.5) is 0 Å².